The summed E-state index contributed by atoms with van der Waals surface area (Å²) in [5, 5.41) is 18.8. The van der Waals surface area contributed by atoms with Crippen molar-refractivity contribution in [2.45, 2.75) is 25.4 Å². The second kappa shape index (κ2) is 14.7. The summed E-state index contributed by atoms with van der Waals surface area (Å²) in [7, 11) is 0. The predicted molar refractivity (Wildman–Crippen MR) is 111 cm³/mol. The summed E-state index contributed by atoms with van der Waals surface area (Å²) in [6.45, 7) is 2.35. The molecule has 0 atom stereocenters. The third-order valence-corrected chi connectivity index (χ3v) is 3.86. The molecule has 2 aromatic carbocycles. The van der Waals surface area contributed by atoms with Gasteiger partial charge in [-0.3, -0.25) is 4.79 Å². The number of ether oxygens (including phenoxy) is 2. The van der Waals surface area contributed by atoms with Crippen LogP contribution in [-0.2, 0) is 16.0 Å². The van der Waals surface area contributed by atoms with Gasteiger partial charge in [0, 0.05) is 6.54 Å². The zero-order valence-corrected chi connectivity index (χ0v) is 17.3. The molecule has 0 aliphatic carbocycles. The van der Waals surface area contributed by atoms with Crippen molar-refractivity contribution in [2.75, 3.05) is 26.3 Å². The molecule has 176 valence electrons. The largest absolute Gasteiger partial charge is 0.490 e. The van der Waals surface area contributed by atoms with Crippen LogP contribution < -0.4 is 14.8 Å². The maximum Gasteiger partial charge on any atom is 0.490 e. The van der Waals surface area contributed by atoms with Gasteiger partial charge in [-0.15, -0.1) is 0 Å². The minimum absolute atomic E-state index is 0.167. The van der Waals surface area contributed by atoms with E-state index in [-0.39, 0.29) is 6.42 Å². The molecule has 0 saturated carbocycles. The normalized spacial score (nSPS) is 10.6. The smallest absolute Gasteiger partial charge is 0.490 e. The number of carboxylic acids is 2. The van der Waals surface area contributed by atoms with Crippen molar-refractivity contribution in [3.8, 4) is 11.5 Å². The zero-order valence-electron chi connectivity index (χ0n) is 17.3. The number of benzene rings is 2. The van der Waals surface area contributed by atoms with E-state index in [0.717, 1.165) is 30.9 Å². The van der Waals surface area contributed by atoms with Crippen molar-refractivity contribution >= 4 is 11.9 Å². The van der Waals surface area contributed by atoms with Gasteiger partial charge in [-0.25, -0.2) is 4.79 Å². The highest BCUT2D eigenvalue weighted by Gasteiger charge is 2.38. The van der Waals surface area contributed by atoms with Gasteiger partial charge in [-0.05, 0) is 49.2 Å². The molecule has 0 radical (unpaired) electrons. The molecule has 0 amide bonds. The quantitative estimate of drug-likeness (QED) is 0.417. The minimum atomic E-state index is -5.08. The van der Waals surface area contributed by atoms with Crippen LogP contribution in [0.25, 0.3) is 0 Å². The second-order valence-corrected chi connectivity index (χ2v) is 6.45. The predicted octanol–water partition coefficient (Wildman–Crippen LogP) is 3.77. The van der Waals surface area contributed by atoms with Gasteiger partial charge in [0.15, 0.2) is 0 Å². The maximum absolute atomic E-state index is 10.6. The Morgan fingerprint density at radius 2 is 1.38 bits per heavy atom. The van der Waals surface area contributed by atoms with Crippen LogP contribution in [0.5, 0.6) is 11.5 Å². The Kier molecular flexibility index (Phi) is 12.3. The number of alkyl halides is 3. The summed E-state index contributed by atoms with van der Waals surface area (Å²) in [6, 6.07) is 17.7. The fraction of sp³-hybridized carbons (Fsp3) is 0.364. The first-order valence-electron chi connectivity index (χ1n) is 9.80. The summed E-state index contributed by atoms with van der Waals surface area (Å²) in [5.74, 6) is -1.84. The molecule has 0 unspecified atom stereocenters. The molecule has 0 aliphatic heterocycles. The number of para-hydroxylation sites is 1. The van der Waals surface area contributed by atoms with Gasteiger partial charge in [-0.1, -0.05) is 30.3 Å². The van der Waals surface area contributed by atoms with E-state index in [1.165, 1.54) is 5.56 Å². The Balaban J connectivity index is 0.000000633. The van der Waals surface area contributed by atoms with Gasteiger partial charge >= 0.3 is 18.1 Å². The highest BCUT2D eigenvalue weighted by atomic mass is 19.4. The zero-order chi connectivity index (χ0) is 23.8. The average molecular weight is 457 g/mol. The van der Waals surface area contributed by atoms with Crippen molar-refractivity contribution in [1.82, 2.24) is 5.32 Å². The van der Waals surface area contributed by atoms with Crippen LogP contribution in [0.15, 0.2) is 54.6 Å². The number of hydrogen-bond donors (Lipinski definition) is 3. The summed E-state index contributed by atoms with van der Waals surface area (Å²) in [5.41, 5.74) is 1.24. The Hall–Kier alpha value is -3.27. The summed E-state index contributed by atoms with van der Waals surface area (Å²) >= 11 is 0. The van der Waals surface area contributed by atoms with Gasteiger partial charge in [-0.2, -0.15) is 13.2 Å². The fourth-order valence-corrected chi connectivity index (χ4v) is 2.33. The third-order valence-electron chi connectivity index (χ3n) is 3.86. The van der Waals surface area contributed by atoms with Crippen LogP contribution in [0.3, 0.4) is 0 Å². The first kappa shape index (κ1) is 26.8. The highest BCUT2D eigenvalue weighted by molar-refractivity contribution is 5.73. The number of rotatable bonds is 12. The monoisotopic (exact) mass is 457 g/mol. The van der Waals surface area contributed by atoms with Crippen LogP contribution in [0.4, 0.5) is 13.2 Å². The van der Waals surface area contributed by atoms with Crippen LogP contribution in [-0.4, -0.2) is 54.6 Å². The van der Waals surface area contributed by atoms with Crippen molar-refractivity contribution in [1.29, 1.82) is 0 Å². The first-order valence-corrected chi connectivity index (χ1v) is 9.80. The topological polar surface area (TPSA) is 105 Å². The van der Waals surface area contributed by atoms with Gasteiger partial charge in [0.1, 0.15) is 24.7 Å². The number of aliphatic carboxylic acids is 2. The molecule has 0 heterocycles. The number of nitrogens with one attached hydrogen (secondary N) is 1. The molecule has 0 aromatic heterocycles. The van der Waals surface area contributed by atoms with Crippen molar-refractivity contribution < 1.29 is 42.4 Å². The second-order valence-electron chi connectivity index (χ2n) is 6.45. The molecule has 2 rings (SSSR count). The lowest BCUT2D eigenvalue weighted by molar-refractivity contribution is -0.192. The molecule has 7 nitrogen and oxygen atoms in total. The van der Waals surface area contributed by atoms with Crippen LogP contribution >= 0.6 is 0 Å². The molecule has 10 heteroatoms. The lowest BCUT2D eigenvalue weighted by Crippen LogP contribution is -2.21. The van der Waals surface area contributed by atoms with Crippen LogP contribution in [0.1, 0.15) is 18.4 Å². The lowest BCUT2D eigenvalue weighted by Gasteiger charge is -2.09. The van der Waals surface area contributed by atoms with Gasteiger partial charge < -0.3 is 25.0 Å². The van der Waals surface area contributed by atoms with Crippen molar-refractivity contribution in [3.63, 3.8) is 0 Å². The van der Waals surface area contributed by atoms with E-state index >= 15 is 0 Å². The molecule has 2 aromatic rings. The minimum Gasteiger partial charge on any atom is -0.490 e. The molecular formula is C22H26F3NO6. The van der Waals surface area contributed by atoms with Crippen LogP contribution in [0, 0.1) is 0 Å². The number of aryl methyl sites for hydroxylation is 1. The Morgan fingerprint density at radius 1 is 0.844 bits per heavy atom. The summed E-state index contributed by atoms with van der Waals surface area (Å²) < 4.78 is 43.0. The van der Waals surface area contributed by atoms with Gasteiger partial charge in [0.05, 0.1) is 6.42 Å². The Bertz CT molecular complexity index is 798. The third kappa shape index (κ3) is 13.1. The maximum atomic E-state index is 10.6. The standard InChI is InChI=1S/C20H25NO4.C2HF3O2/c22-20(23)12-14-21-13-4-5-17-8-10-19(11-9-17)25-16-15-24-18-6-2-1-3-7-18;3-2(4,5)1(6)7/h1-3,6-11,21H,4-5,12-16H2,(H,22,23);(H,6,7). The van der Waals surface area contributed by atoms with Crippen LogP contribution in [0.2, 0.25) is 0 Å². The molecule has 32 heavy (non-hydrogen) atoms. The first-order chi connectivity index (χ1) is 15.2. The van der Waals surface area contributed by atoms with E-state index < -0.39 is 18.1 Å². The number of carboxylic acid groups (broad SMARTS) is 2. The highest BCUT2D eigenvalue weighted by Crippen LogP contribution is 2.14. The Morgan fingerprint density at radius 3 is 1.88 bits per heavy atom. The summed E-state index contributed by atoms with van der Waals surface area (Å²) in [6.07, 6.45) is -2.98. The Labute approximate surface area is 183 Å². The molecular weight excluding hydrogens is 431 g/mol. The van der Waals surface area contributed by atoms with E-state index in [9.17, 15) is 18.0 Å². The summed E-state index contributed by atoms with van der Waals surface area (Å²) in [4.78, 5) is 19.3. The number of hydrogen-bond acceptors (Lipinski definition) is 5. The van der Waals surface area contributed by atoms with Gasteiger partial charge in [0.2, 0.25) is 0 Å². The molecule has 0 fully saturated rings. The van der Waals surface area contributed by atoms with E-state index in [4.69, 9.17) is 24.5 Å². The molecule has 0 spiro atoms. The molecule has 3 N–H and O–H groups in total. The number of carbonyl (C=O) groups is 2. The van der Waals surface area contributed by atoms with Crippen molar-refractivity contribution in [2.24, 2.45) is 0 Å². The average Bonchev–Trinajstić information content (AvgIpc) is 2.75. The van der Waals surface area contributed by atoms with E-state index in [1.807, 2.05) is 42.5 Å². The van der Waals surface area contributed by atoms with E-state index in [0.29, 0.717) is 19.8 Å². The molecule has 0 saturated heterocycles. The fourth-order valence-electron chi connectivity index (χ4n) is 2.33. The molecule has 0 aliphatic rings. The molecule has 0 bridgehead atoms. The van der Waals surface area contributed by atoms with E-state index in [1.54, 1.807) is 0 Å². The SMILES string of the molecule is O=C(O)C(F)(F)F.O=C(O)CCNCCCc1ccc(OCCOc2ccccc2)cc1. The van der Waals surface area contributed by atoms with Crippen molar-refractivity contribution in [3.05, 3.63) is 60.2 Å². The van der Waals surface area contributed by atoms with E-state index in [2.05, 4.69) is 17.4 Å². The lowest BCUT2D eigenvalue weighted by atomic mass is 10.1. The van der Waals surface area contributed by atoms with Gasteiger partial charge in [0.25, 0.3) is 0 Å². The number of halogens is 3.